The summed E-state index contributed by atoms with van der Waals surface area (Å²) in [6.07, 6.45) is 0. The van der Waals surface area contributed by atoms with Crippen LogP contribution >= 0.6 is 0 Å². The van der Waals surface area contributed by atoms with Gasteiger partial charge in [0.15, 0.2) is 5.82 Å². The van der Waals surface area contributed by atoms with Crippen molar-refractivity contribution < 1.29 is 4.52 Å². The first-order valence-electron chi connectivity index (χ1n) is 5.10. The van der Waals surface area contributed by atoms with Gasteiger partial charge < -0.3 is 15.6 Å². The lowest BCUT2D eigenvalue weighted by molar-refractivity contribution is 0.424. The van der Waals surface area contributed by atoms with E-state index in [1.165, 1.54) is 0 Å². The molecule has 0 aliphatic heterocycles. The third-order valence-corrected chi connectivity index (χ3v) is 2.23. The number of nitrogens with zero attached hydrogens (tertiary/aromatic N) is 2. The molecule has 0 saturated heterocycles. The first-order chi connectivity index (χ1) is 7.75. The molecular formula is C11H14N4O. The van der Waals surface area contributed by atoms with Crippen molar-refractivity contribution in [2.45, 2.75) is 13.0 Å². The molecule has 0 aliphatic carbocycles. The third-order valence-electron chi connectivity index (χ3n) is 2.23. The van der Waals surface area contributed by atoms with E-state index >= 15 is 0 Å². The number of hydrogen-bond donors (Lipinski definition) is 2. The van der Waals surface area contributed by atoms with Crippen LogP contribution in [0.15, 0.2) is 34.9 Å². The molecule has 5 heteroatoms. The quantitative estimate of drug-likeness (QED) is 0.813. The Labute approximate surface area is 93.7 Å². The van der Waals surface area contributed by atoms with Crippen LogP contribution in [0, 0.1) is 6.92 Å². The van der Waals surface area contributed by atoms with E-state index in [2.05, 4.69) is 15.5 Å². The fraction of sp³-hybridized carbons (Fsp3) is 0.273. The number of nitrogens with two attached hydrogens (primary N) is 1. The van der Waals surface area contributed by atoms with Gasteiger partial charge in [-0.25, -0.2) is 0 Å². The fourth-order valence-corrected chi connectivity index (χ4v) is 1.38. The minimum Gasteiger partial charge on any atom is -0.336 e. The van der Waals surface area contributed by atoms with Crippen molar-refractivity contribution in [2.24, 2.45) is 5.73 Å². The predicted molar refractivity (Wildman–Crippen MR) is 60.9 cm³/mol. The topological polar surface area (TPSA) is 77.0 Å². The summed E-state index contributed by atoms with van der Waals surface area (Å²) in [7, 11) is 0. The van der Waals surface area contributed by atoms with E-state index in [0.717, 1.165) is 5.56 Å². The molecule has 16 heavy (non-hydrogen) atoms. The number of aryl methyl sites for hydroxylation is 1. The number of aromatic nitrogens is 2. The van der Waals surface area contributed by atoms with E-state index in [-0.39, 0.29) is 6.04 Å². The Bertz CT molecular complexity index is 440. The van der Waals surface area contributed by atoms with Gasteiger partial charge in [-0.3, -0.25) is 0 Å². The van der Waals surface area contributed by atoms with Crippen LogP contribution in [0.1, 0.15) is 17.4 Å². The second-order valence-electron chi connectivity index (χ2n) is 3.54. The normalized spacial score (nSPS) is 12.4. The molecule has 0 aliphatic rings. The predicted octanol–water partition coefficient (Wildman–Crippen LogP) is 1.49. The monoisotopic (exact) mass is 218 g/mol. The number of hydrogen-bond acceptors (Lipinski definition) is 5. The molecule has 2 rings (SSSR count). The average molecular weight is 218 g/mol. The van der Waals surface area contributed by atoms with Gasteiger partial charge in [-0.15, -0.1) is 0 Å². The van der Waals surface area contributed by atoms with E-state index in [0.29, 0.717) is 18.4 Å². The van der Waals surface area contributed by atoms with E-state index in [1.54, 1.807) is 6.92 Å². The highest BCUT2D eigenvalue weighted by molar-refractivity contribution is 5.23. The molecule has 0 bridgehead atoms. The van der Waals surface area contributed by atoms with E-state index in [4.69, 9.17) is 10.3 Å². The van der Waals surface area contributed by atoms with Gasteiger partial charge in [-0.2, -0.15) is 4.98 Å². The molecule has 2 aromatic rings. The van der Waals surface area contributed by atoms with Crippen molar-refractivity contribution in [3.05, 3.63) is 41.7 Å². The standard InChI is InChI=1S/C11H14N4O/c1-8-14-11(16-15-8)13-7-10(12)9-5-3-2-4-6-9/h2-6,10H,7,12H2,1H3,(H,13,14,15). The molecule has 1 heterocycles. The first-order valence-corrected chi connectivity index (χ1v) is 5.10. The highest BCUT2D eigenvalue weighted by Crippen LogP contribution is 2.10. The summed E-state index contributed by atoms with van der Waals surface area (Å²) >= 11 is 0. The van der Waals surface area contributed by atoms with Crippen LogP contribution in [0.4, 0.5) is 6.01 Å². The van der Waals surface area contributed by atoms with Crippen molar-refractivity contribution in [3.8, 4) is 0 Å². The molecule has 0 saturated carbocycles. The van der Waals surface area contributed by atoms with Gasteiger partial charge in [0.1, 0.15) is 0 Å². The lowest BCUT2D eigenvalue weighted by atomic mass is 10.1. The highest BCUT2D eigenvalue weighted by Gasteiger charge is 2.07. The minimum atomic E-state index is -0.0894. The summed E-state index contributed by atoms with van der Waals surface area (Å²) in [6.45, 7) is 2.33. The Morgan fingerprint density at radius 3 is 2.75 bits per heavy atom. The van der Waals surface area contributed by atoms with E-state index in [9.17, 15) is 0 Å². The Morgan fingerprint density at radius 2 is 2.12 bits per heavy atom. The van der Waals surface area contributed by atoms with E-state index < -0.39 is 0 Å². The lowest BCUT2D eigenvalue weighted by Crippen LogP contribution is -2.20. The maximum Gasteiger partial charge on any atom is 0.321 e. The third kappa shape index (κ3) is 2.58. The van der Waals surface area contributed by atoms with Gasteiger partial charge in [0, 0.05) is 12.6 Å². The molecule has 3 N–H and O–H groups in total. The summed E-state index contributed by atoms with van der Waals surface area (Å²) in [5.41, 5.74) is 7.07. The summed E-state index contributed by atoms with van der Waals surface area (Å²) in [6, 6.07) is 10.2. The minimum absolute atomic E-state index is 0.0894. The number of nitrogens with one attached hydrogen (secondary N) is 1. The molecule has 1 unspecified atom stereocenters. The van der Waals surface area contributed by atoms with Gasteiger partial charge in [-0.1, -0.05) is 35.5 Å². The maximum atomic E-state index is 6.00. The molecular weight excluding hydrogens is 204 g/mol. The Balaban J connectivity index is 1.91. The van der Waals surface area contributed by atoms with E-state index in [1.807, 2.05) is 30.3 Å². The van der Waals surface area contributed by atoms with Gasteiger partial charge >= 0.3 is 6.01 Å². The van der Waals surface area contributed by atoms with Crippen LogP contribution < -0.4 is 11.1 Å². The SMILES string of the molecule is Cc1noc(NCC(N)c2ccccc2)n1. The zero-order chi connectivity index (χ0) is 11.4. The zero-order valence-electron chi connectivity index (χ0n) is 9.05. The molecule has 1 atom stereocenters. The summed E-state index contributed by atoms with van der Waals surface area (Å²) in [4.78, 5) is 4.03. The van der Waals surface area contributed by atoms with Crippen molar-refractivity contribution in [2.75, 3.05) is 11.9 Å². The van der Waals surface area contributed by atoms with Gasteiger partial charge in [0.25, 0.3) is 0 Å². The molecule has 1 aromatic carbocycles. The fourth-order valence-electron chi connectivity index (χ4n) is 1.38. The number of benzene rings is 1. The van der Waals surface area contributed by atoms with Crippen molar-refractivity contribution in [1.29, 1.82) is 0 Å². The molecule has 0 fully saturated rings. The molecule has 0 spiro atoms. The Morgan fingerprint density at radius 1 is 1.38 bits per heavy atom. The van der Waals surface area contributed by atoms with Crippen LogP contribution in [0.2, 0.25) is 0 Å². The molecule has 5 nitrogen and oxygen atoms in total. The van der Waals surface area contributed by atoms with Crippen molar-refractivity contribution in [1.82, 2.24) is 10.1 Å². The zero-order valence-corrected chi connectivity index (χ0v) is 9.05. The first kappa shape index (κ1) is 10.6. The number of anilines is 1. The highest BCUT2D eigenvalue weighted by atomic mass is 16.5. The number of rotatable bonds is 4. The molecule has 84 valence electrons. The second kappa shape index (κ2) is 4.76. The largest absolute Gasteiger partial charge is 0.336 e. The summed E-state index contributed by atoms with van der Waals surface area (Å²) < 4.78 is 4.92. The second-order valence-corrected chi connectivity index (χ2v) is 3.54. The lowest BCUT2D eigenvalue weighted by Gasteiger charge is -2.11. The Kier molecular flexibility index (Phi) is 3.16. The van der Waals surface area contributed by atoms with Gasteiger partial charge in [0.2, 0.25) is 0 Å². The smallest absolute Gasteiger partial charge is 0.321 e. The van der Waals surface area contributed by atoms with Crippen LogP contribution in [-0.4, -0.2) is 16.7 Å². The van der Waals surface area contributed by atoms with Gasteiger partial charge in [-0.05, 0) is 12.5 Å². The van der Waals surface area contributed by atoms with Gasteiger partial charge in [0.05, 0.1) is 0 Å². The summed E-state index contributed by atoms with van der Waals surface area (Å²) in [5, 5.41) is 6.68. The molecule has 0 radical (unpaired) electrons. The average Bonchev–Trinajstić information content (AvgIpc) is 2.73. The summed E-state index contributed by atoms with van der Waals surface area (Å²) in [5.74, 6) is 0.607. The molecule has 0 amide bonds. The van der Waals surface area contributed by atoms with Crippen molar-refractivity contribution in [3.63, 3.8) is 0 Å². The van der Waals surface area contributed by atoms with Crippen LogP contribution in [0.3, 0.4) is 0 Å². The Hall–Kier alpha value is -1.88. The van der Waals surface area contributed by atoms with Crippen LogP contribution in [0.5, 0.6) is 0 Å². The van der Waals surface area contributed by atoms with Crippen LogP contribution in [0.25, 0.3) is 0 Å². The van der Waals surface area contributed by atoms with Crippen LogP contribution in [-0.2, 0) is 0 Å². The molecule has 1 aromatic heterocycles. The van der Waals surface area contributed by atoms with Crippen molar-refractivity contribution >= 4 is 6.01 Å². The maximum absolute atomic E-state index is 6.00.